The summed E-state index contributed by atoms with van der Waals surface area (Å²) >= 11 is 0. The lowest BCUT2D eigenvalue weighted by Crippen LogP contribution is -2.22. The van der Waals surface area contributed by atoms with Gasteiger partial charge in [0, 0.05) is 17.0 Å². The van der Waals surface area contributed by atoms with Gasteiger partial charge < -0.3 is 14.3 Å². The molecule has 0 unspecified atom stereocenters. The summed E-state index contributed by atoms with van der Waals surface area (Å²) in [4.78, 5) is 19.8. The van der Waals surface area contributed by atoms with Crippen molar-refractivity contribution in [2.24, 2.45) is 4.99 Å². The van der Waals surface area contributed by atoms with Crippen LogP contribution in [0.4, 0.5) is 0 Å². The van der Waals surface area contributed by atoms with Gasteiger partial charge in [-0.25, -0.2) is 4.57 Å². The van der Waals surface area contributed by atoms with Gasteiger partial charge in [-0.05, 0) is 56.6 Å². The van der Waals surface area contributed by atoms with Crippen LogP contribution in [0.15, 0.2) is 81.1 Å². The second-order valence-electron chi connectivity index (χ2n) is 7.61. The number of methoxy groups -OCH3 is 1. The Morgan fingerprint density at radius 3 is 2.44 bits per heavy atom. The van der Waals surface area contributed by atoms with Gasteiger partial charge in [-0.2, -0.15) is 0 Å². The van der Waals surface area contributed by atoms with E-state index in [0.717, 1.165) is 5.76 Å². The molecule has 0 saturated heterocycles. The number of aliphatic imine (C=N–C) groups is 1. The normalized spacial score (nSPS) is 12.6. The number of hydrogen-bond donors (Lipinski definition) is 1. The Morgan fingerprint density at radius 2 is 1.81 bits per heavy atom. The molecule has 1 atom stereocenters. The van der Waals surface area contributed by atoms with Crippen molar-refractivity contribution in [2.75, 3.05) is 27.7 Å². The summed E-state index contributed by atoms with van der Waals surface area (Å²) in [6.45, 7) is 0.427. The first-order valence-corrected chi connectivity index (χ1v) is 10.2. The van der Waals surface area contributed by atoms with Gasteiger partial charge in [-0.15, -0.1) is 0 Å². The molecule has 0 saturated carbocycles. The number of aromatic nitrogens is 1. The predicted octanol–water partition coefficient (Wildman–Crippen LogP) is 4.02. The molecule has 164 valence electrons. The van der Waals surface area contributed by atoms with Crippen molar-refractivity contribution in [3.05, 3.63) is 88.6 Å². The van der Waals surface area contributed by atoms with Gasteiger partial charge >= 0.3 is 0 Å². The number of likely N-dealkylation sites (N-methyl/N-ethyl adjacent to an activating group) is 1. The van der Waals surface area contributed by atoms with Gasteiger partial charge in [0.2, 0.25) is 5.88 Å². The molecule has 2 aromatic heterocycles. The first-order valence-electron chi connectivity index (χ1n) is 10.2. The van der Waals surface area contributed by atoms with E-state index in [-0.39, 0.29) is 17.5 Å². The maximum Gasteiger partial charge on any atom is 0.265 e. The van der Waals surface area contributed by atoms with Crippen molar-refractivity contribution in [2.45, 2.75) is 6.04 Å². The quantitative estimate of drug-likeness (QED) is 0.447. The monoisotopic (exact) mass is 431 g/mol. The third-order valence-electron chi connectivity index (χ3n) is 5.43. The summed E-state index contributed by atoms with van der Waals surface area (Å²) in [7, 11) is 5.49. The van der Waals surface area contributed by atoms with Crippen LogP contribution in [0.5, 0.6) is 11.6 Å². The zero-order valence-electron chi connectivity index (χ0n) is 18.2. The van der Waals surface area contributed by atoms with Crippen molar-refractivity contribution in [3.63, 3.8) is 0 Å². The molecule has 7 nitrogen and oxygen atoms in total. The maximum atomic E-state index is 13.2. The highest BCUT2D eigenvalue weighted by Gasteiger charge is 2.18. The van der Waals surface area contributed by atoms with E-state index in [1.54, 1.807) is 56.0 Å². The van der Waals surface area contributed by atoms with E-state index in [9.17, 15) is 9.90 Å². The van der Waals surface area contributed by atoms with Gasteiger partial charge in [0.1, 0.15) is 11.5 Å². The first kappa shape index (κ1) is 21.4. The molecule has 0 aliphatic heterocycles. The molecule has 0 fully saturated rings. The van der Waals surface area contributed by atoms with E-state index < -0.39 is 0 Å². The Morgan fingerprint density at radius 1 is 1.09 bits per heavy atom. The molecule has 32 heavy (non-hydrogen) atoms. The van der Waals surface area contributed by atoms with Crippen molar-refractivity contribution < 1.29 is 14.3 Å². The molecule has 4 rings (SSSR count). The zero-order valence-corrected chi connectivity index (χ0v) is 18.2. The van der Waals surface area contributed by atoms with Crippen LogP contribution >= 0.6 is 0 Å². The van der Waals surface area contributed by atoms with Gasteiger partial charge in [0.15, 0.2) is 0 Å². The average Bonchev–Trinajstić information content (AvgIpc) is 3.33. The molecule has 0 aliphatic rings. The Balaban J connectivity index is 1.80. The number of furan rings is 1. The average molecular weight is 431 g/mol. The number of rotatable bonds is 7. The number of fused-ring (bicyclic) bond motifs is 1. The fraction of sp³-hybridized carbons (Fsp3) is 0.200. The summed E-state index contributed by atoms with van der Waals surface area (Å²) in [5, 5.41) is 12.3. The number of pyridine rings is 1. The number of hydrogen-bond acceptors (Lipinski definition) is 6. The molecule has 1 N–H and O–H groups in total. The molecule has 4 aromatic rings. The zero-order chi connectivity index (χ0) is 22.7. The number of ether oxygens (including phenoxy) is 1. The molecule has 2 heterocycles. The van der Waals surface area contributed by atoms with Crippen LogP contribution in [0.1, 0.15) is 17.4 Å². The van der Waals surface area contributed by atoms with E-state index in [1.807, 2.05) is 43.3 Å². The van der Waals surface area contributed by atoms with Crippen molar-refractivity contribution in [3.8, 4) is 17.3 Å². The highest BCUT2D eigenvalue weighted by molar-refractivity contribution is 6.01. The van der Waals surface area contributed by atoms with Crippen molar-refractivity contribution in [1.82, 2.24) is 9.47 Å². The van der Waals surface area contributed by atoms with E-state index in [1.165, 1.54) is 4.57 Å². The highest BCUT2D eigenvalue weighted by atomic mass is 16.5. The number of nitrogens with zero attached hydrogens (tertiary/aromatic N) is 3. The Labute approximate surface area is 185 Å². The second kappa shape index (κ2) is 9.11. The van der Waals surface area contributed by atoms with Crippen molar-refractivity contribution in [1.29, 1.82) is 0 Å². The van der Waals surface area contributed by atoms with E-state index in [2.05, 4.69) is 4.99 Å². The topological polar surface area (TPSA) is 80.2 Å². The lowest BCUT2D eigenvalue weighted by Gasteiger charge is -2.20. The molecular weight excluding hydrogens is 406 g/mol. The van der Waals surface area contributed by atoms with Crippen LogP contribution in [-0.2, 0) is 0 Å². The molecule has 0 spiro atoms. The smallest absolute Gasteiger partial charge is 0.265 e. The number of benzene rings is 2. The lowest BCUT2D eigenvalue weighted by atomic mass is 10.1. The maximum absolute atomic E-state index is 13.2. The molecule has 0 bridgehead atoms. The summed E-state index contributed by atoms with van der Waals surface area (Å²) in [5.74, 6) is 1.31. The Kier molecular flexibility index (Phi) is 6.09. The molecule has 0 aliphatic carbocycles. The first-order chi connectivity index (χ1) is 15.5. The summed E-state index contributed by atoms with van der Waals surface area (Å²) in [5.41, 5.74) is 0.714. The third kappa shape index (κ3) is 4.02. The van der Waals surface area contributed by atoms with Crippen molar-refractivity contribution >= 4 is 17.0 Å². The Hall–Kier alpha value is -3.84. The predicted molar refractivity (Wildman–Crippen MR) is 125 cm³/mol. The van der Waals surface area contributed by atoms with Crippen LogP contribution < -0.4 is 10.3 Å². The summed E-state index contributed by atoms with van der Waals surface area (Å²) in [6.07, 6.45) is 3.26. The van der Waals surface area contributed by atoms with Gasteiger partial charge in [0.25, 0.3) is 5.56 Å². The van der Waals surface area contributed by atoms with Crippen LogP contribution in [0, 0.1) is 0 Å². The number of aromatic hydroxyl groups is 1. The van der Waals surface area contributed by atoms with Crippen LogP contribution in [0.3, 0.4) is 0 Å². The fourth-order valence-electron chi connectivity index (χ4n) is 3.69. The van der Waals surface area contributed by atoms with Gasteiger partial charge in [0.05, 0.1) is 37.2 Å². The van der Waals surface area contributed by atoms with Gasteiger partial charge in [-0.3, -0.25) is 14.7 Å². The fourth-order valence-corrected chi connectivity index (χ4v) is 3.69. The molecular formula is C25H25N3O4. The van der Waals surface area contributed by atoms with E-state index >= 15 is 0 Å². The molecule has 0 radical (unpaired) electrons. The molecule has 0 amide bonds. The van der Waals surface area contributed by atoms with Crippen LogP contribution in [-0.4, -0.2) is 48.5 Å². The van der Waals surface area contributed by atoms with Gasteiger partial charge in [-0.1, -0.05) is 18.2 Å². The minimum atomic E-state index is -0.304. The molecule has 7 heteroatoms. The Bertz CT molecular complexity index is 1290. The third-order valence-corrected chi connectivity index (χ3v) is 5.43. The summed E-state index contributed by atoms with van der Waals surface area (Å²) in [6, 6.07) is 17.9. The SMILES string of the molecule is COc1ccc(-n2c(O)c(C=NC[C@H](c3ccco3)N(C)C)c3ccccc3c2=O)cc1. The minimum Gasteiger partial charge on any atom is -0.497 e. The van der Waals surface area contributed by atoms with Crippen LogP contribution in [0.2, 0.25) is 0 Å². The lowest BCUT2D eigenvalue weighted by molar-refractivity contribution is 0.265. The second-order valence-corrected chi connectivity index (χ2v) is 7.61. The minimum absolute atomic E-state index is 0.0536. The van der Waals surface area contributed by atoms with Crippen LogP contribution in [0.25, 0.3) is 16.5 Å². The summed E-state index contributed by atoms with van der Waals surface area (Å²) < 4.78 is 12.0. The standard InChI is InChI=1S/C25H25N3O4/c1-27(2)22(23-9-6-14-32-23)16-26-15-21-19-7-4-5-8-20(19)24(29)28(25(21)30)17-10-12-18(31-3)13-11-17/h4-15,22,30H,16H2,1-3H3/t22-/m1/s1. The van der Waals surface area contributed by atoms with E-state index in [4.69, 9.17) is 9.15 Å². The largest absolute Gasteiger partial charge is 0.497 e. The highest BCUT2D eigenvalue weighted by Crippen LogP contribution is 2.27. The van der Waals surface area contributed by atoms with E-state index in [0.29, 0.717) is 34.3 Å². The molecule has 2 aromatic carbocycles.